The highest BCUT2D eigenvalue weighted by atomic mass is 35.5. The van der Waals surface area contributed by atoms with Crippen LogP contribution in [0.1, 0.15) is 45.9 Å². The number of aromatic nitrogens is 3. The largest absolute Gasteiger partial charge is 0.486 e. The number of benzene rings is 1. The number of hydrogen-bond acceptors (Lipinski definition) is 8. The molecule has 0 atom stereocenters. The van der Waals surface area contributed by atoms with E-state index in [9.17, 15) is 9.59 Å². The van der Waals surface area contributed by atoms with Crippen LogP contribution in [0.4, 0.5) is 5.00 Å². The molecule has 180 valence electrons. The predicted octanol–water partition coefficient (Wildman–Crippen LogP) is 4.90. The number of halogens is 1. The third-order valence-corrected chi connectivity index (χ3v) is 7.98. The second-order valence-electron chi connectivity index (χ2n) is 7.80. The van der Waals surface area contributed by atoms with E-state index in [1.165, 1.54) is 35.1 Å². The summed E-state index contributed by atoms with van der Waals surface area (Å²) in [6.45, 7) is 0.237. The van der Waals surface area contributed by atoms with Gasteiger partial charge < -0.3 is 19.4 Å². The highest BCUT2D eigenvalue weighted by molar-refractivity contribution is 7.99. The first-order chi connectivity index (χ1) is 16.5. The maximum atomic E-state index is 12.7. The fraction of sp³-hybridized carbons (Fsp3) is 0.391. The van der Waals surface area contributed by atoms with Gasteiger partial charge in [-0.15, -0.1) is 21.5 Å². The van der Waals surface area contributed by atoms with Gasteiger partial charge in [0.05, 0.1) is 18.4 Å². The molecule has 1 aliphatic carbocycles. The minimum Gasteiger partial charge on any atom is -0.486 e. The molecule has 0 fully saturated rings. The first kappa shape index (κ1) is 24.6. The topological polar surface area (TPSA) is 95.3 Å². The van der Waals surface area contributed by atoms with Gasteiger partial charge in [-0.05, 0) is 55.5 Å². The third-order valence-electron chi connectivity index (χ3n) is 5.50. The van der Waals surface area contributed by atoms with E-state index in [4.69, 9.17) is 21.1 Å². The highest BCUT2D eigenvalue weighted by Crippen LogP contribution is 2.38. The summed E-state index contributed by atoms with van der Waals surface area (Å²) in [7, 11) is 3.19. The molecule has 2 aromatic heterocycles. The maximum Gasteiger partial charge on any atom is 0.341 e. The number of carbonyl (C=O) groups excluding carboxylic acids is 2. The molecule has 0 aliphatic heterocycles. The lowest BCUT2D eigenvalue weighted by Gasteiger charge is -2.08. The van der Waals surface area contributed by atoms with Crippen molar-refractivity contribution in [2.45, 2.75) is 43.9 Å². The smallest absolute Gasteiger partial charge is 0.341 e. The van der Waals surface area contributed by atoms with Crippen LogP contribution in [-0.2, 0) is 36.0 Å². The van der Waals surface area contributed by atoms with Crippen molar-refractivity contribution < 1.29 is 19.1 Å². The second kappa shape index (κ2) is 11.2. The number of rotatable bonds is 8. The number of nitrogens with zero attached hydrogens (tertiary/aromatic N) is 3. The second-order valence-corrected chi connectivity index (χ2v) is 10.3. The van der Waals surface area contributed by atoms with Crippen LogP contribution in [0.5, 0.6) is 5.75 Å². The molecule has 0 bridgehead atoms. The minimum absolute atomic E-state index is 0.132. The zero-order valence-corrected chi connectivity index (χ0v) is 21.3. The van der Waals surface area contributed by atoms with E-state index in [1.54, 1.807) is 28.8 Å². The minimum atomic E-state index is -0.402. The Bertz CT molecular complexity index is 1180. The van der Waals surface area contributed by atoms with E-state index in [2.05, 4.69) is 15.5 Å². The van der Waals surface area contributed by atoms with E-state index in [-0.39, 0.29) is 18.3 Å². The Kier molecular flexibility index (Phi) is 8.12. The molecule has 34 heavy (non-hydrogen) atoms. The molecule has 1 amide bonds. The first-order valence-corrected chi connectivity index (χ1v) is 13.1. The quantitative estimate of drug-likeness (QED) is 0.256. The summed E-state index contributed by atoms with van der Waals surface area (Å²) in [5, 5.41) is 13.0. The van der Waals surface area contributed by atoms with Gasteiger partial charge in [-0.1, -0.05) is 29.8 Å². The van der Waals surface area contributed by atoms with Crippen molar-refractivity contribution in [3.8, 4) is 5.75 Å². The van der Waals surface area contributed by atoms with E-state index in [0.717, 1.165) is 37.7 Å². The lowest BCUT2D eigenvalue weighted by Crippen LogP contribution is -2.16. The molecule has 1 aliphatic rings. The van der Waals surface area contributed by atoms with Gasteiger partial charge in [0.25, 0.3) is 0 Å². The van der Waals surface area contributed by atoms with Crippen LogP contribution in [0, 0.1) is 0 Å². The van der Waals surface area contributed by atoms with Crippen molar-refractivity contribution in [1.29, 1.82) is 0 Å². The lowest BCUT2D eigenvalue weighted by atomic mass is 10.1. The normalized spacial score (nSPS) is 13.1. The zero-order valence-electron chi connectivity index (χ0n) is 18.9. The molecule has 4 rings (SSSR count). The van der Waals surface area contributed by atoms with Crippen LogP contribution < -0.4 is 10.1 Å². The average molecular weight is 521 g/mol. The Morgan fingerprint density at radius 3 is 2.71 bits per heavy atom. The Balaban J connectivity index is 1.37. The molecule has 1 aromatic carbocycles. The summed E-state index contributed by atoms with van der Waals surface area (Å²) in [5.41, 5.74) is 1.53. The number of methoxy groups -OCH3 is 1. The summed E-state index contributed by atoms with van der Waals surface area (Å²) in [6, 6.07) is 7.08. The molecule has 0 spiro atoms. The summed E-state index contributed by atoms with van der Waals surface area (Å²) in [4.78, 5) is 26.3. The van der Waals surface area contributed by atoms with Gasteiger partial charge in [-0.2, -0.15) is 0 Å². The zero-order chi connectivity index (χ0) is 24.1. The number of esters is 1. The number of fused-ring (bicyclic) bond motifs is 1. The van der Waals surface area contributed by atoms with E-state index in [1.807, 2.05) is 7.05 Å². The number of thioether (sulfide) groups is 1. The van der Waals surface area contributed by atoms with Crippen molar-refractivity contribution in [2.24, 2.45) is 7.05 Å². The van der Waals surface area contributed by atoms with Gasteiger partial charge in [-0.25, -0.2) is 4.79 Å². The number of hydrogen-bond donors (Lipinski definition) is 1. The van der Waals surface area contributed by atoms with E-state index in [0.29, 0.717) is 32.3 Å². The van der Waals surface area contributed by atoms with Gasteiger partial charge in [0.2, 0.25) is 5.91 Å². The van der Waals surface area contributed by atoms with Gasteiger partial charge in [0.15, 0.2) is 11.0 Å². The SMILES string of the molecule is COC(=O)c1c(NC(=O)CSc2nnc(COc3ccc(Cl)cc3)n2C)sc2c1CCCCC2. The Morgan fingerprint density at radius 1 is 1.18 bits per heavy atom. The van der Waals surface area contributed by atoms with Crippen LogP contribution in [0.3, 0.4) is 0 Å². The van der Waals surface area contributed by atoms with Gasteiger partial charge in [-0.3, -0.25) is 4.79 Å². The molecule has 8 nitrogen and oxygen atoms in total. The highest BCUT2D eigenvalue weighted by Gasteiger charge is 2.26. The number of aryl methyl sites for hydroxylation is 1. The number of ether oxygens (including phenoxy) is 2. The van der Waals surface area contributed by atoms with Crippen molar-refractivity contribution >= 4 is 51.6 Å². The molecule has 0 saturated carbocycles. The third kappa shape index (κ3) is 5.73. The fourth-order valence-electron chi connectivity index (χ4n) is 3.72. The van der Waals surface area contributed by atoms with E-state index < -0.39 is 5.97 Å². The lowest BCUT2D eigenvalue weighted by molar-refractivity contribution is -0.113. The standard InChI is InChI=1S/C23H25ClN4O4S2/c1-28-18(12-32-15-10-8-14(24)9-11-15)26-27-23(28)33-13-19(29)25-21-20(22(30)31-2)16-6-4-3-5-7-17(16)34-21/h8-11H,3-7,12-13H2,1-2H3,(H,25,29). The molecule has 0 unspecified atom stereocenters. The van der Waals surface area contributed by atoms with Crippen LogP contribution in [0.15, 0.2) is 29.4 Å². The van der Waals surface area contributed by atoms with Crippen LogP contribution in [-0.4, -0.2) is 39.5 Å². The van der Waals surface area contributed by atoms with Crippen LogP contribution in [0.25, 0.3) is 0 Å². The fourth-order valence-corrected chi connectivity index (χ4v) is 5.87. The molecule has 0 radical (unpaired) electrons. The Labute approximate surface area is 211 Å². The van der Waals surface area contributed by atoms with Gasteiger partial charge in [0, 0.05) is 16.9 Å². The molecular formula is C23H25ClN4O4S2. The van der Waals surface area contributed by atoms with Crippen molar-refractivity contribution in [3.63, 3.8) is 0 Å². The molecule has 1 N–H and O–H groups in total. The van der Waals surface area contributed by atoms with Crippen molar-refractivity contribution in [3.05, 3.63) is 51.1 Å². The van der Waals surface area contributed by atoms with Crippen molar-refractivity contribution in [1.82, 2.24) is 14.8 Å². The molecule has 2 heterocycles. The van der Waals surface area contributed by atoms with E-state index >= 15 is 0 Å². The number of nitrogens with one attached hydrogen (secondary N) is 1. The number of anilines is 1. The molecule has 3 aromatic rings. The van der Waals surface area contributed by atoms with Gasteiger partial charge >= 0.3 is 5.97 Å². The molecule has 0 saturated heterocycles. The summed E-state index contributed by atoms with van der Waals surface area (Å²) in [5.74, 6) is 0.826. The van der Waals surface area contributed by atoms with Crippen LogP contribution >= 0.6 is 34.7 Å². The predicted molar refractivity (Wildman–Crippen MR) is 133 cm³/mol. The number of carbonyl (C=O) groups is 2. The molecular weight excluding hydrogens is 496 g/mol. The summed E-state index contributed by atoms with van der Waals surface area (Å²) < 4.78 is 12.5. The monoisotopic (exact) mass is 520 g/mol. The first-order valence-electron chi connectivity index (χ1n) is 10.9. The average Bonchev–Trinajstić information content (AvgIpc) is 3.26. The maximum absolute atomic E-state index is 12.7. The molecule has 11 heteroatoms. The van der Waals surface area contributed by atoms with Gasteiger partial charge in [0.1, 0.15) is 17.4 Å². The Morgan fingerprint density at radius 2 is 1.94 bits per heavy atom. The summed E-state index contributed by atoms with van der Waals surface area (Å²) in [6.07, 6.45) is 5.03. The number of thiophene rings is 1. The van der Waals surface area contributed by atoms with Crippen LogP contribution in [0.2, 0.25) is 5.02 Å². The summed E-state index contributed by atoms with van der Waals surface area (Å²) >= 11 is 8.64. The Hall–Kier alpha value is -2.56. The number of amides is 1. The van der Waals surface area contributed by atoms with Crippen molar-refractivity contribution in [2.75, 3.05) is 18.2 Å².